The molecule has 0 aliphatic rings. The Labute approximate surface area is 107 Å². The second-order valence-corrected chi connectivity index (χ2v) is 4.52. The van der Waals surface area contributed by atoms with Gasteiger partial charge in [-0.25, -0.2) is 0 Å². The summed E-state index contributed by atoms with van der Waals surface area (Å²) >= 11 is 6.03. The maximum absolute atomic E-state index is 6.03. The predicted octanol–water partition coefficient (Wildman–Crippen LogP) is 3.43. The minimum atomic E-state index is 0.764. The third-order valence-corrected chi connectivity index (χ3v) is 2.86. The van der Waals surface area contributed by atoms with Gasteiger partial charge in [-0.3, -0.25) is 4.98 Å². The van der Waals surface area contributed by atoms with Crippen LogP contribution in [0.25, 0.3) is 11.1 Å². The van der Waals surface area contributed by atoms with Gasteiger partial charge in [0.15, 0.2) is 0 Å². The zero-order chi connectivity index (χ0) is 12.3. The quantitative estimate of drug-likeness (QED) is 0.898. The van der Waals surface area contributed by atoms with Gasteiger partial charge in [-0.2, -0.15) is 0 Å². The highest BCUT2D eigenvalue weighted by Gasteiger charge is 2.06. The average molecular weight is 247 g/mol. The van der Waals surface area contributed by atoms with Crippen molar-refractivity contribution in [2.75, 3.05) is 7.05 Å². The first-order chi connectivity index (χ1) is 8.20. The van der Waals surface area contributed by atoms with Crippen molar-refractivity contribution in [3.8, 4) is 11.1 Å². The molecule has 0 spiro atoms. The average Bonchev–Trinajstić information content (AvgIpc) is 2.29. The summed E-state index contributed by atoms with van der Waals surface area (Å²) in [6, 6.07) is 8.09. The molecule has 0 saturated carbocycles. The zero-order valence-corrected chi connectivity index (χ0v) is 10.8. The van der Waals surface area contributed by atoms with Gasteiger partial charge in [-0.15, -0.1) is 0 Å². The molecule has 1 aromatic heterocycles. The fraction of sp³-hybridized carbons (Fsp3) is 0.214. The lowest BCUT2D eigenvalue weighted by molar-refractivity contribution is 0.819. The van der Waals surface area contributed by atoms with Crippen molar-refractivity contribution in [1.29, 1.82) is 0 Å². The van der Waals surface area contributed by atoms with E-state index in [2.05, 4.69) is 16.4 Å². The summed E-state index contributed by atoms with van der Waals surface area (Å²) in [5.74, 6) is 0. The molecule has 0 amide bonds. The van der Waals surface area contributed by atoms with Crippen molar-refractivity contribution in [1.82, 2.24) is 10.3 Å². The molecule has 2 rings (SSSR count). The Bertz CT molecular complexity index is 523. The van der Waals surface area contributed by atoms with Crippen LogP contribution in [0.1, 0.15) is 11.1 Å². The molecule has 2 nitrogen and oxygen atoms in total. The van der Waals surface area contributed by atoms with E-state index in [0.29, 0.717) is 0 Å². The van der Waals surface area contributed by atoms with Crippen LogP contribution in [0.3, 0.4) is 0 Å². The number of benzene rings is 1. The van der Waals surface area contributed by atoms with Gasteiger partial charge in [0.05, 0.1) is 0 Å². The smallest absolute Gasteiger partial charge is 0.0409 e. The van der Waals surface area contributed by atoms with Crippen molar-refractivity contribution < 1.29 is 0 Å². The fourth-order valence-electron chi connectivity index (χ4n) is 1.88. The van der Waals surface area contributed by atoms with Crippen molar-refractivity contribution in [3.63, 3.8) is 0 Å². The van der Waals surface area contributed by atoms with E-state index in [9.17, 15) is 0 Å². The van der Waals surface area contributed by atoms with Gasteiger partial charge in [0.2, 0.25) is 0 Å². The molecule has 0 aliphatic heterocycles. The molecule has 17 heavy (non-hydrogen) atoms. The summed E-state index contributed by atoms with van der Waals surface area (Å²) in [6.45, 7) is 2.84. The van der Waals surface area contributed by atoms with Gasteiger partial charge in [-0.05, 0) is 48.9 Å². The molecule has 0 saturated heterocycles. The molecule has 0 radical (unpaired) electrons. The molecule has 0 fully saturated rings. The molecule has 0 unspecified atom stereocenters. The summed E-state index contributed by atoms with van der Waals surface area (Å²) < 4.78 is 0. The van der Waals surface area contributed by atoms with E-state index < -0.39 is 0 Å². The Morgan fingerprint density at radius 1 is 1.24 bits per heavy atom. The second-order valence-electron chi connectivity index (χ2n) is 4.08. The van der Waals surface area contributed by atoms with Gasteiger partial charge in [0.1, 0.15) is 0 Å². The van der Waals surface area contributed by atoms with Crippen molar-refractivity contribution in [3.05, 3.63) is 52.8 Å². The number of aromatic nitrogens is 1. The number of hydrogen-bond donors (Lipinski definition) is 1. The lowest BCUT2D eigenvalue weighted by Gasteiger charge is -2.10. The molecule has 2 aromatic rings. The normalized spacial score (nSPS) is 10.5. The maximum atomic E-state index is 6.03. The summed E-state index contributed by atoms with van der Waals surface area (Å²) in [5.41, 5.74) is 4.66. The Morgan fingerprint density at radius 3 is 2.76 bits per heavy atom. The molecule has 1 heterocycles. The van der Waals surface area contributed by atoms with Crippen molar-refractivity contribution in [2.45, 2.75) is 13.5 Å². The van der Waals surface area contributed by atoms with Crippen LogP contribution in [0.15, 0.2) is 36.7 Å². The molecule has 1 N–H and O–H groups in total. The molecular formula is C14H15ClN2. The van der Waals surface area contributed by atoms with E-state index in [1.807, 2.05) is 44.6 Å². The summed E-state index contributed by atoms with van der Waals surface area (Å²) in [4.78, 5) is 4.23. The first-order valence-electron chi connectivity index (χ1n) is 5.56. The number of hydrogen-bond acceptors (Lipinski definition) is 2. The van der Waals surface area contributed by atoms with Gasteiger partial charge in [0, 0.05) is 29.5 Å². The molecule has 1 aromatic carbocycles. The first-order valence-corrected chi connectivity index (χ1v) is 5.93. The minimum Gasteiger partial charge on any atom is -0.316 e. The standard InChI is InChI=1S/C14H15ClN2/c1-10-5-11(9-17-7-10)14-4-3-13(15)6-12(14)8-16-2/h3-7,9,16H,8H2,1-2H3. The molecule has 0 atom stereocenters. The number of aryl methyl sites for hydroxylation is 1. The van der Waals surface area contributed by atoms with E-state index in [4.69, 9.17) is 11.6 Å². The van der Waals surface area contributed by atoms with Crippen molar-refractivity contribution >= 4 is 11.6 Å². The van der Waals surface area contributed by atoms with Gasteiger partial charge in [0.25, 0.3) is 0 Å². The largest absolute Gasteiger partial charge is 0.316 e. The van der Waals surface area contributed by atoms with Crippen molar-refractivity contribution in [2.24, 2.45) is 0 Å². The van der Waals surface area contributed by atoms with Gasteiger partial charge < -0.3 is 5.32 Å². The van der Waals surface area contributed by atoms with Crippen LogP contribution in [-0.4, -0.2) is 12.0 Å². The molecular weight excluding hydrogens is 232 g/mol. The van der Waals surface area contributed by atoms with E-state index in [1.165, 1.54) is 11.1 Å². The van der Waals surface area contributed by atoms with Crippen LogP contribution < -0.4 is 5.32 Å². The summed E-state index contributed by atoms with van der Waals surface area (Å²) in [7, 11) is 1.93. The van der Waals surface area contributed by atoms with Gasteiger partial charge in [-0.1, -0.05) is 17.7 Å². The highest BCUT2D eigenvalue weighted by Crippen LogP contribution is 2.26. The zero-order valence-electron chi connectivity index (χ0n) is 10.00. The fourth-order valence-corrected chi connectivity index (χ4v) is 2.08. The number of nitrogens with one attached hydrogen (secondary N) is 1. The van der Waals surface area contributed by atoms with Crippen LogP contribution in [0.2, 0.25) is 5.02 Å². The van der Waals surface area contributed by atoms with Crippen LogP contribution in [0.5, 0.6) is 0 Å². The number of rotatable bonds is 3. The van der Waals surface area contributed by atoms with E-state index in [0.717, 1.165) is 22.7 Å². The monoisotopic (exact) mass is 246 g/mol. The molecule has 0 aliphatic carbocycles. The third kappa shape index (κ3) is 2.84. The number of nitrogens with zero attached hydrogens (tertiary/aromatic N) is 1. The lowest BCUT2D eigenvalue weighted by atomic mass is 10.0. The van der Waals surface area contributed by atoms with E-state index >= 15 is 0 Å². The van der Waals surface area contributed by atoms with E-state index in [1.54, 1.807) is 0 Å². The van der Waals surface area contributed by atoms with Gasteiger partial charge >= 0.3 is 0 Å². The first kappa shape index (κ1) is 12.1. The highest BCUT2D eigenvalue weighted by molar-refractivity contribution is 6.30. The highest BCUT2D eigenvalue weighted by atomic mass is 35.5. The second kappa shape index (κ2) is 5.30. The Morgan fingerprint density at radius 2 is 2.06 bits per heavy atom. The number of halogens is 1. The summed E-state index contributed by atoms with van der Waals surface area (Å²) in [5, 5.41) is 3.92. The number of pyridine rings is 1. The Balaban J connectivity index is 2.50. The third-order valence-electron chi connectivity index (χ3n) is 2.62. The lowest BCUT2D eigenvalue weighted by Crippen LogP contribution is -2.06. The Kier molecular flexibility index (Phi) is 3.77. The maximum Gasteiger partial charge on any atom is 0.0409 e. The molecule has 88 valence electrons. The Hall–Kier alpha value is -1.38. The van der Waals surface area contributed by atoms with Crippen LogP contribution >= 0.6 is 11.6 Å². The van der Waals surface area contributed by atoms with Crippen LogP contribution in [0.4, 0.5) is 0 Å². The van der Waals surface area contributed by atoms with Crippen LogP contribution in [0, 0.1) is 6.92 Å². The van der Waals surface area contributed by atoms with Crippen LogP contribution in [-0.2, 0) is 6.54 Å². The molecule has 3 heteroatoms. The molecule has 0 bridgehead atoms. The van der Waals surface area contributed by atoms with E-state index in [-0.39, 0.29) is 0 Å². The SMILES string of the molecule is CNCc1cc(Cl)ccc1-c1cncc(C)c1. The predicted molar refractivity (Wildman–Crippen MR) is 72.2 cm³/mol. The topological polar surface area (TPSA) is 24.9 Å². The minimum absolute atomic E-state index is 0.764. The summed E-state index contributed by atoms with van der Waals surface area (Å²) in [6.07, 6.45) is 3.74.